The average molecular weight is 453 g/mol. The smallest absolute Gasteiger partial charge is 0.136 e. The van der Waals surface area contributed by atoms with Crippen LogP contribution in [-0.2, 0) is 23.7 Å². The molecule has 0 aliphatic carbocycles. The maximum atomic E-state index is 9.04. The normalized spacial score (nSPS) is 14.7. The molecular formula is C20H40N2O5S2. The summed E-state index contributed by atoms with van der Waals surface area (Å²) < 4.78 is 27.9. The van der Waals surface area contributed by atoms with Gasteiger partial charge in [-0.3, -0.25) is 0 Å². The van der Waals surface area contributed by atoms with Gasteiger partial charge in [-0.05, 0) is 25.1 Å². The molecule has 1 N–H and O–H groups in total. The topological polar surface area (TPSA) is 82.0 Å². The van der Waals surface area contributed by atoms with Crippen molar-refractivity contribution in [1.29, 1.82) is 5.26 Å². The first kappa shape index (κ1) is 28.9. The molecule has 0 saturated carbocycles. The molecule has 29 heavy (non-hydrogen) atoms. The highest BCUT2D eigenvalue weighted by Gasteiger charge is 2.26. The molecule has 0 saturated heterocycles. The van der Waals surface area contributed by atoms with E-state index in [0.29, 0.717) is 77.2 Å². The third-order valence-corrected chi connectivity index (χ3v) is 4.92. The number of hydrogen-bond acceptors (Lipinski definition) is 9. The van der Waals surface area contributed by atoms with Crippen molar-refractivity contribution >= 4 is 24.4 Å². The van der Waals surface area contributed by atoms with Crippen LogP contribution in [0.5, 0.6) is 0 Å². The fourth-order valence-electron chi connectivity index (χ4n) is 2.14. The second-order valence-corrected chi connectivity index (χ2v) is 9.25. The lowest BCUT2D eigenvalue weighted by Crippen LogP contribution is -2.28. The Labute approximate surface area is 186 Å². The zero-order chi connectivity index (χ0) is 21.8. The number of thiocyanates is 1. The van der Waals surface area contributed by atoms with E-state index < -0.39 is 4.93 Å². The van der Waals surface area contributed by atoms with Gasteiger partial charge >= 0.3 is 0 Å². The first-order valence-electron chi connectivity index (χ1n) is 10.3. The van der Waals surface area contributed by atoms with Crippen molar-refractivity contribution in [1.82, 2.24) is 5.32 Å². The number of rotatable bonds is 21. The molecule has 0 aromatic carbocycles. The largest absolute Gasteiger partial charge is 0.379 e. The standard InChI is InChI=1S/C20H40N2O5S2/c1-18(2)22-7-10-25-13-12-24-9-6-20(4,29-17-21)27-16-15-26-14-11-23-8-5-19(3)28/h18-19,22,28H,5-16H2,1-4H3. The van der Waals surface area contributed by atoms with E-state index in [2.05, 4.69) is 37.2 Å². The van der Waals surface area contributed by atoms with Crippen LogP contribution in [0.3, 0.4) is 0 Å². The fourth-order valence-corrected chi connectivity index (χ4v) is 2.77. The van der Waals surface area contributed by atoms with Gasteiger partial charge in [0.05, 0.1) is 52.9 Å². The minimum atomic E-state index is -0.612. The molecule has 0 bridgehead atoms. The number of thiol groups is 1. The van der Waals surface area contributed by atoms with Gasteiger partial charge in [0.2, 0.25) is 0 Å². The van der Waals surface area contributed by atoms with Gasteiger partial charge in [-0.2, -0.15) is 17.9 Å². The van der Waals surface area contributed by atoms with E-state index in [1.54, 1.807) is 0 Å². The highest BCUT2D eigenvalue weighted by Crippen LogP contribution is 2.29. The quantitative estimate of drug-likeness (QED) is 0.119. The zero-order valence-electron chi connectivity index (χ0n) is 18.5. The molecule has 7 nitrogen and oxygen atoms in total. The molecule has 0 spiro atoms. The molecule has 0 aliphatic heterocycles. The summed E-state index contributed by atoms with van der Waals surface area (Å²) in [6, 6.07) is 0.468. The van der Waals surface area contributed by atoms with Crippen molar-refractivity contribution in [3.8, 4) is 5.40 Å². The Morgan fingerprint density at radius 1 is 0.897 bits per heavy atom. The van der Waals surface area contributed by atoms with Crippen LogP contribution in [0, 0.1) is 10.7 Å². The SMILES string of the molecule is CC(S)CCOCCOCCOC(C)(CCOCCOCCNC(C)C)SC#N. The van der Waals surface area contributed by atoms with Crippen molar-refractivity contribution in [3.63, 3.8) is 0 Å². The highest BCUT2D eigenvalue weighted by molar-refractivity contribution is 8.04. The van der Waals surface area contributed by atoms with Crippen molar-refractivity contribution in [2.45, 2.75) is 56.8 Å². The summed E-state index contributed by atoms with van der Waals surface area (Å²) in [6.07, 6.45) is 1.55. The Hall–Kier alpha value is -0.0500. The maximum absolute atomic E-state index is 9.04. The lowest BCUT2D eigenvalue weighted by Gasteiger charge is -2.26. The van der Waals surface area contributed by atoms with Gasteiger partial charge in [-0.1, -0.05) is 20.8 Å². The summed E-state index contributed by atoms with van der Waals surface area (Å²) in [4.78, 5) is -0.612. The average Bonchev–Trinajstić information content (AvgIpc) is 2.65. The van der Waals surface area contributed by atoms with Crippen LogP contribution in [0.1, 0.15) is 40.5 Å². The van der Waals surface area contributed by atoms with Crippen molar-refractivity contribution in [2.24, 2.45) is 0 Å². The molecule has 0 fully saturated rings. The second-order valence-electron chi connectivity index (χ2n) is 7.12. The molecule has 0 aromatic rings. The van der Waals surface area contributed by atoms with Crippen LogP contribution < -0.4 is 5.32 Å². The zero-order valence-corrected chi connectivity index (χ0v) is 20.2. The van der Waals surface area contributed by atoms with Crippen molar-refractivity contribution < 1.29 is 23.7 Å². The second kappa shape index (κ2) is 19.9. The summed E-state index contributed by atoms with van der Waals surface area (Å²) >= 11 is 5.41. The monoisotopic (exact) mass is 452 g/mol. The number of nitrogens with one attached hydrogen (secondary N) is 1. The third-order valence-electron chi connectivity index (χ3n) is 3.82. The Bertz CT molecular complexity index is 383. The van der Waals surface area contributed by atoms with Crippen LogP contribution in [-0.4, -0.2) is 82.2 Å². The van der Waals surface area contributed by atoms with Crippen LogP contribution in [0.25, 0.3) is 0 Å². The molecule has 0 aliphatic rings. The van der Waals surface area contributed by atoms with Crippen molar-refractivity contribution in [2.75, 3.05) is 66.0 Å². The van der Waals surface area contributed by atoms with Gasteiger partial charge < -0.3 is 29.0 Å². The number of thioether (sulfide) groups is 1. The summed E-state index contributed by atoms with van der Waals surface area (Å²) in [6.45, 7) is 13.9. The van der Waals surface area contributed by atoms with Crippen LogP contribution in [0.4, 0.5) is 0 Å². The van der Waals surface area contributed by atoms with E-state index in [1.165, 1.54) is 0 Å². The molecule has 2 unspecified atom stereocenters. The predicted molar refractivity (Wildman–Crippen MR) is 122 cm³/mol. The maximum Gasteiger partial charge on any atom is 0.136 e. The molecule has 0 heterocycles. The summed E-state index contributed by atoms with van der Waals surface area (Å²) in [5.74, 6) is 0. The molecule has 2 atom stereocenters. The Morgan fingerprint density at radius 3 is 2.03 bits per heavy atom. The van der Waals surface area contributed by atoms with E-state index in [1.807, 2.05) is 13.8 Å². The van der Waals surface area contributed by atoms with Gasteiger partial charge in [-0.15, -0.1) is 0 Å². The third kappa shape index (κ3) is 21.0. The van der Waals surface area contributed by atoms with Gasteiger partial charge in [-0.25, -0.2) is 0 Å². The Balaban J connectivity index is 3.67. The van der Waals surface area contributed by atoms with Gasteiger partial charge in [0.25, 0.3) is 0 Å². The molecule has 0 rings (SSSR count). The van der Waals surface area contributed by atoms with Crippen LogP contribution in [0.2, 0.25) is 0 Å². The minimum absolute atomic E-state index is 0.350. The molecule has 0 amide bonds. The van der Waals surface area contributed by atoms with E-state index in [9.17, 15) is 0 Å². The summed E-state index contributed by atoms with van der Waals surface area (Å²) in [7, 11) is 0. The molecule has 172 valence electrons. The van der Waals surface area contributed by atoms with E-state index in [4.69, 9.17) is 28.9 Å². The molecule has 9 heteroatoms. The first-order chi connectivity index (χ1) is 13.9. The van der Waals surface area contributed by atoms with Gasteiger partial charge in [0.1, 0.15) is 10.3 Å². The molecule has 0 aromatic heterocycles. The molecular weight excluding hydrogens is 412 g/mol. The van der Waals surface area contributed by atoms with E-state index in [-0.39, 0.29) is 0 Å². The summed E-state index contributed by atoms with van der Waals surface area (Å²) in [5, 5.41) is 14.8. The number of nitrogens with zero attached hydrogens (tertiary/aromatic N) is 1. The van der Waals surface area contributed by atoms with E-state index >= 15 is 0 Å². The number of hydrogen-bond donors (Lipinski definition) is 2. The number of nitriles is 1. The van der Waals surface area contributed by atoms with Crippen molar-refractivity contribution in [3.05, 3.63) is 0 Å². The van der Waals surface area contributed by atoms with Crippen LogP contribution >= 0.6 is 24.4 Å². The number of ether oxygens (including phenoxy) is 5. The summed E-state index contributed by atoms with van der Waals surface area (Å²) in [5.41, 5.74) is 0. The van der Waals surface area contributed by atoms with E-state index in [0.717, 1.165) is 24.7 Å². The Morgan fingerprint density at radius 2 is 1.45 bits per heavy atom. The highest BCUT2D eigenvalue weighted by atomic mass is 32.2. The lowest BCUT2D eigenvalue weighted by atomic mass is 10.3. The molecule has 0 radical (unpaired) electrons. The Kier molecular flexibility index (Phi) is 19.9. The lowest BCUT2D eigenvalue weighted by molar-refractivity contribution is -0.0334. The van der Waals surface area contributed by atoms with Gasteiger partial charge in [0, 0.05) is 30.9 Å². The fraction of sp³-hybridized carbons (Fsp3) is 0.950. The minimum Gasteiger partial charge on any atom is -0.379 e. The van der Waals surface area contributed by atoms with Crippen LogP contribution in [0.15, 0.2) is 0 Å². The predicted octanol–water partition coefficient (Wildman–Crippen LogP) is 3.10. The van der Waals surface area contributed by atoms with Gasteiger partial charge in [0.15, 0.2) is 0 Å². The first-order valence-corrected chi connectivity index (χ1v) is 11.7.